The number of carbonyl (C=O) groups is 3. The fourth-order valence-corrected chi connectivity index (χ4v) is 1.07. The molecule has 0 radical (unpaired) electrons. The molecule has 1 heterocycles. The Morgan fingerprint density at radius 2 is 1.56 bits per heavy atom. The lowest BCUT2D eigenvalue weighted by molar-refractivity contribution is -0.268. The van der Waals surface area contributed by atoms with Gasteiger partial charge in [-0.05, 0) is 12.1 Å². The highest BCUT2D eigenvalue weighted by Gasteiger charge is 2.17. The number of benzene rings is 1. The number of nitrogens with zero attached hydrogens (tertiary/aromatic N) is 1. The van der Waals surface area contributed by atoms with Gasteiger partial charge in [0.1, 0.15) is 0 Å². The first-order chi connectivity index (χ1) is 8.41. The predicted molar refractivity (Wildman–Crippen MR) is 59.8 cm³/mol. The third kappa shape index (κ3) is 3.44. The van der Waals surface area contributed by atoms with Crippen LogP contribution in [0.15, 0.2) is 36.4 Å². The summed E-state index contributed by atoms with van der Waals surface area (Å²) in [6.07, 6.45) is 2.50. The topological polar surface area (TPSA) is 97.7 Å². The molecular formula is C12H10NO5-. The molecule has 0 spiro atoms. The van der Waals surface area contributed by atoms with Crippen LogP contribution in [0.3, 0.4) is 0 Å². The van der Waals surface area contributed by atoms with E-state index in [1.165, 1.54) is 43.5 Å². The molecule has 0 saturated heterocycles. The molecule has 1 N–H and O–H groups in total. The predicted octanol–water partition coefficient (Wildman–Crippen LogP) is -0.000400. The molecule has 1 aliphatic heterocycles. The number of hydrogen-bond donors (Lipinski definition) is 1. The summed E-state index contributed by atoms with van der Waals surface area (Å²) in [5, 5.41) is 18.8. The van der Waals surface area contributed by atoms with Crippen molar-refractivity contribution in [2.45, 2.75) is 0 Å². The number of carboxylic acid groups (broad SMARTS) is 1. The summed E-state index contributed by atoms with van der Waals surface area (Å²) in [7, 11) is 1.45. The molecule has 2 rings (SSSR count). The van der Waals surface area contributed by atoms with Crippen molar-refractivity contribution < 1.29 is 24.6 Å². The molecule has 6 heteroatoms. The second-order valence-electron chi connectivity index (χ2n) is 3.40. The SMILES string of the molecule is CN1C(=O)C=CC1=O.O=C(O)c1ccc([O-])cc1. The lowest BCUT2D eigenvalue weighted by Crippen LogP contribution is -2.24. The Morgan fingerprint density at radius 1 is 1.11 bits per heavy atom. The number of carbonyl (C=O) groups excluding carboxylic acids is 2. The minimum absolute atomic E-state index is 0.139. The number of carboxylic acids is 1. The second kappa shape index (κ2) is 5.62. The maximum Gasteiger partial charge on any atom is 0.335 e. The van der Waals surface area contributed by atoms with Gasteiger partial charge in [-0.2, -0.15) is 0 Å². The lowest BCUT2D eigenvalue weighted by Gasteiger charge is -2.02. The fourth-order valence-electron chi connectivity index (χ4n) is 1.07. The summed E-state index contributed by atoms with van der Waals surface area (Å²) in [5.41, 5.74) is 0.139. The van der Waals surface area contributed by atoms with Crippen LogP contribution in [-0.2, 0) is 9.59 Å². The Morgan fingerprint density at radius 3 is 1.83 bits per heavy atom. The Hall–Kier alpha value is -2.63. The standard InChI is InChI=1S/C7H6O3.C5H5NO2/c8-6-3-1-5(2-4-6)7(9)10;1-6-4(7)2-3-5(6)8/h1-4,8H,(H,9,10);2-3H,1H3/p-1. The molecule has 0 saturated carbocycles. The first-order valence-corrected chi connectivity index (χ1v) is 4.92. The van der Waals surface area contributed by atoms with Gasteiger partial charge >= 0.3 is 5.97 Å². The van der Waals surface area contributed by atoms with Crippen molar-refractivity contribution in [3.63, 3.8) is 0 Å². The molecule has 1 aliphatic rings. The van der Waals surface area contributed by atoms with Crippen molar-refractivity contribution in [3.8, 4) is 5.75 Å². The first-order valence-electron chi connectivity index (χ1n) is 4.92. The Bertz CT molecular complexity index is 486. The quantitative estimate of drug-likeness (QED) is 0.705. The number of likely N-dealkylation sites (N-methyl/N-ethyl adjacent to an activating group) is 1. The van der Waals surface area contributed by atoms with E-state index >= 15 is 0 Å². The second-order valence-corrected chi connectivity index (χ2v) is 3.40. The van der Waals surface area contributed by atoms with Crippen LogP contribution in [0.5, 0.6) is 5.75 Å². The highest BCUT2D eigenvalue weighted by atomic mass is 16.4. The fraction of sp³-hybridized carbons (Fsp3) is 0.0833. The van der Waals surface area contributed by atoms with Gasteiger partial charge < -0.3 is 10.2 Å². The molecule has 0 aliphatic carbocycles. The number of rotatable bonds is 1. The minimum Gasteiger partial charge on any atom is -0.872 e. The number of hydrogen-bond acceptors (Lipinski definition) is 4. The molecular weight excluding hydrogens is 238 g/mol. The maximum atomic E-state index is 10.5. The van der Waals surface area contributed by atoms with E-state index in [0.29, 0.717) is 0 Å². The summed E-state index contributed by atoms with van der Waals surface area (Å²) in [5.74, 6) is -1.67. The lowest BCUT2D eigenvalue weighted by atomic mass is 10.2. The van der Waals surface area contributed by atoms with Crippen LogP contribution in [-0.4, -0.2) is 34.8 Å². The Labute approximate surface area is 103 Å². The van der Waals surface area contributed by atoms with Gasteiger partial charge in [-0.15, -0.1) is 5.75 Å². The van der Waals surface area contributed by atoms with E-state index in [9.17, 15) is 19.5 Å². The monoisotopic (exact) mass is 248 g/mol. The van der Waals surface area contributed by atoms with Gasteiger partial charge in [-0.3, -0.25) is 14.5 Å². The summed E-state index contributed by atoms with van der Waals surface area (Å²) in [6.45, 7) is 0. The van der Waals surface area contributed by atoms with E-state index in [0.717, 1.165) is 4.90 Å². The van der Waals surface area contributed by atoms with Gasteiger partial charge in [-0.25, -0.2) is 4.79 Å². The van der Waals surface area contributed by atoms with E-state index in [1.54, 1.807) is 0 Å². The van der Waals surface area contributed by atoms with Crippen molar-refractivity contribution in [1.82, 2.24) is 4.90 Å². The molecule has 0 fully saturated rings. The van der Waals surface area contributed by atoms with Gasteiger partial charge in [0, 0.05) is 19.2 Å². The van der Waals surface area contributed by atoms with Gasteiger partial charge in [0.25, 0.3) is 11.8 Å². The zero-order valence-corrected chi connectivity index (χ0v) is 9.49. The minimum atomic E-state index is -1.01. The third-order valence-corrected chi connectivity index (χ3v) is 2.13. The molecule has 2 amide bonds. The van der Waals surface area contributed by atoms with Gasteiger partial charge in [0.2, 0.25) is 0 Å². The highest BCUT2D eigenvalue weighted by molar-refractivity contribution is 6.12. The smallest absolute Gasteiger partial charge is 0.335 e. The van der Waals surface area contributed by atoms with Crippen LogP contribution >= 0.6 is 0 Å². The number of aromatic carboxylic acids is 1. The molecule has 1 aromatic rings. The summed E-state index contributed by atoms with van der Waals surface area (Å²) in [6, 6.07) is 5.02. The first kappa shape index (κ1) is 13.4. The van der Waals surface area contributed by atoms with Crippen molar-refractivity contribution in [2.75, 3.05) is 7.05 Å². The molecule has 6 nitrogen and oxygen atoms in total. The normalized spacial score (nSPS) is 13.3. The van der Waals surface area contributed by atoms with Crippen molar-refractivity contribution in [2.24, 2.45) is 0 Å². The third-order valence-electron chi connectivity index (χ3n) is 2.13. The highest BCUT2D eigenvalue weighted by Crippen LogP contribution is 2.05. The Kier molecular flexibility index (Phi) is 4.20. The van der Waals surface area contributed by atoms with Crippen LogP contribution in [0, 0.1) is 0 Å². The van der Waals surface area contributed by atoms with Crippen LogP contribution in [0.1, 0.15) is 10.4 Å². The van der Waals surface area contributed by atoms with Gasteiger partial charge in [0.15, 0.2) is 0 Å². The van der Waals surface area contributed by atoms with Crippen molar-refractivity contribution in [3.05, 3.63) is 42.0 Å². The molecule has 0 unspecified atom stereocenters. The van der Waals surface area contributed by atoms with Crippen LogP contribution in [0.4, 0.5) is 0 Å². The summed E-state index contributed by atoms with van der Waals surface area (Å²) >= 11 is 0. The van der Waals surface area contributed by atoms with Crippen molar-refractivity contribution in [1.29, 1.82) is 0 Å². The van der Waals surface area contributed by atoms with E-state index < -0.39 is 5.97 Å². The van der Waals surface area contributed by atoms with E-state index in [1.807, 2.05) is 0 Å². The summed E-state index contributed by atoms with van der Waals surface area (Å²) < 4.78 is 0. The zero-order chi connectivity index (χ0) is 13.7. The zero-order valence-electron chi connectivity index (χ0n) is 9.49. The Balaban J connectivity index is 0.000000184. The average molecular weight is 248 g/mol. The molecule has 94 valence electrons. The number of imide groups is 1. The van der Waals surface area contributed by atoms with Crippen molar-refractivity contribution >= 4 is 17.8 Å². The van der Waals surface area contributed by atoms with Crippen LogP contribution < -0.4 is 5.11 Å². The summed E-state index contributed by atoms with van der Waals surface area (Å²) in [4.78, 5) is 32.1. The molecule has 18 heavy (non-hydrogen) atoms. The largest absolute Gasteiger partial charge is 0.872 e. The average Bonchev–Trinajstić information content (AvgIpc) is 2.62. The van der Waals surface area contributed by atoms with Gasteiger partial charge in [0.05, 0.1) is 5.56 Å². The molecule has 0 aromatic heterocycles. The van der Waals surface area contributed by atoms with E-state index in [4.69, 9.17) is 5.11 Å². The maximum absolute atomic E-state index is 10.5. The van der Waals surface area contributed by atoms with E-state index in [2.05, 4.69) is 0 Å². The molecule has 0 bridgehead atoms. The van der Waals surface area contributed by atoms with Crippen LogP contribution in [0.2, 0.25) is 0 Å². The van der Waals surface area contributed by atoms with E-state index in [-0.39, 0.29) is 23.1 Å². The van der Waals surface area contributed by atoms with Crippen LogP contribution in [0.25, 0.3) is 0 Å². The molecule has 0 atom stereocenters. The molecule has 1 aromatic carbocycles. The number of amides is 2. The van der Waals surface area contributed by atoms with Gasteiger partial charge in [-0.1, -0.05) is 12.1 Å².